The Morgan fingerprint density at radius 1 is 1.07 bits per heavy atom. The predicted octanol–water partition coefficient (Wildman–Crippen LogP) is 3.01. The molecule has 2 heterocycles. The maximum atomic E-state index is 12.9. The van der Waals surface area contributed by atoms with Crippen molar-refractivity contribution < 1.29 is 23.9 Å². The summed E-state index contributed by atoms with van der Waals surface area (Å²) in [5.74, 6) is 0.158. The quantitative estimate of drug-likeness (QED) is 0.602. The zero-order chi connectivity index (χ0) is 19.8. The Kier molecular flexibility index (Phi) is 4.50. The molecule has 0 spiro atoms. The van der Waals surface area contributed by atoms with Crippen molar-refractivity contribution in [3.05, 3.63) is 59.7 Å². The molecule has 7 nitrogen and oxygen atoms in total. The van der Waals surface area contributed by atoms with Gasteiger partial charge in [-0.05, 0) is 30.7 Å². The van der Waals surface area contributed by atoms with E-state index in [0.717, 1.165) is 5.56 Å². The summed E-state index contributed by atoms with van der Waals surface area (Å²) >= 11 is 0. The highest BCUT2D eigenvalue weighted by Gasteiger charge is 2.45. The highest BCUT2D eigenvalue weighted by Crippen LogP contribution is 2.36. The van der Waals surface area contributed by atoms with Crippen LogP contribution in [-0.2, 0) is 4.79 Å². The lowest BCUT2D eigenvalue weighted by Gasteiger charge is -2.24. The predicted molar refractivity (Wildman–Crippen MR) is 100 cm³/mol. The van der Waals surface area contributed by atoms with Gasteiger partial charge in [0, 0.05) is 12.6 Å². The van der Waals surface area contributed by atoms with E-state index in [0.29, 0.717) is 17.1 Å². The second-order valence-electron chi connectivity index (χ2n) is 6.92. The summed E-state index contributed by atoms with van der Waals surface area (Å²) in [6.45, 7) is 2.00. The minimum atomic E-state index is -0.516. The Morgan fingerprint density at radius 2 is 1.79 bits per heavy atom. The second-order valence-corrected chi connectivity index (χ2v) is 6.92. The molecule has 0 N–H and O–H groups in total. The van der Waals surface area contributed by atoms with E-state index in [-0.39, 0.29) is 18.6 Å². The fourth-order valence-electron chi connectivity index (χ4n) is 3.62. The van der Waals surface area contributed by atoms with Crippen molar-refractivity contribution in [3.8, 4) is 11.5 Å². The minimum absolute atomic E-state index is 0.108. The van der Waals surface area contributed by atoms with Crippen LogP contribution in [0.2, 0.25) is 0 Å². The molecule has 2 aliphatic rings. The first kappa shape index (κ1) is 18.0. The number of benzene rings is 2. The van der Waals surface area contributed by atoms with Gasteiger partial charge < -0.3 is 14.4 Å². The average molecular weight is 380 g/mol. The highest BCUT2D eigenvalue weighted by atomic mass is 16.7. The van der Waals surface area contributed by atoms with Crippen LogP contribution in [0.4, 0.5) is 4.79 Å². The third kappa shape index (κ3) is 2.98. The van der Waals surface area contributed by atoms with Crippen molar-refractivity contribution in [1.82, 2.24) is 9.80 Å². The number of hydrogen-bond acceptors (Lipinski definition) is 5. The van der Waals surface area contributed by atoms with E-state index in [1.54, 1.807) is 25.2 Å². The molecule has 28 heavy (non-hydrogen) atoms. The molecule has 4 rings (SSSR count). The second kappa shape index (κ2) is 6.99. The van der Waals surface area contributed by atoms with Crippen LogP contribution in [0.3, 0.4) is 0 Å². The molecule has 0 radical (unpaired) electrons. The monoisotopic (exact) mass is 380 g/mol. The molecule has 3 amide bonds. The number of urea groups is 1. The van der Waals surface area contributed by atoms with Crippen molar-refractivity contribution >= 4 is 17.7 Å². The zero-order valence-corrected chi connectivity index (χ0v) is 15.6. The molecule has 2 aromatic rings. The van der Waals surface area contributed by atoms with Gasteiger partial charge in [0.25, 0.3) is 0 Å². The summed E-state index contributed by atoms with van der Waals surface area (Å²) in [5.41, 5.74) is 1.21. The Balaban J connectivity index is 1.57. The Morgan fingerprint density at radius 3 is 2.54 bits per heavy atom. The van der Waals surface area contributed by atoms with Crippen LogP contribution >= 0.6 is 0 Å². The van der Waals surface area contributed by atoms with Gasteiger partial charge in [0.1, 0.15) is 0 Å². The molecule has 1 fully saturated rings. The SMILES string of the molecule is C[C@@H]1[C@H](c2ccccc2)N(C(=O)CC(=O)c2ccc3c(c2)OCO3)C(=O)N1C. The van der Waals surface area contributed by atoms with Crippen LogP contribution in [0.15, 0.2) is 48.5 Å². The Labute approximate surface area is 162 Å². The van der Waals surface area contributed by atoms with E-state index < -0.39 is 24.4 Å². The summed E-state index contributed by atoms with van der Waals surface area (Å²) in [7, 11) is 1.66. The molecule has 2 aromatic carbocycles. The molecular weight excluding hydrogens is 360 g/mol. The van der Waals surface area contributed by atoms with Crippen molar-refractivity contribution in [2.75, 3.05) is 13.8 Å². The number of likely N-dealkylation sites (N-methyl/N-ethyl adjacent to an activating group) is 1. The smallest absolute Gasteiger partial charge is 0.327 e. The van der Waals surface area contributed by atoms with E-state index in [2.05, 4.69) is 0 Å². The van der Waals surface area contributed by atoms with Gasteiger partial charge in [0.05, 0.1) is 18.5 Å². The molecule has 1 saturated heterocycles. The van der Waals surface area contributed by atoms with Crippen LogP contribution in [0.1, 0.15) is 35.3 Å². The van der Waals surface area contributed by atoms with Crippen molar-refractivity contribution in [3.63, 3.8) is 0 Å². The number of imide groups is 1. The summed E-state index contributed by atoms with van der Waals surface area (Å²) in [5, 5.41) is 0. The van der Waals surface area contributed by atoms with Crippen LogP contribution in [0.5, 0.6) is 11.5 Å². The first-order valence-electron chi connectivity index (χ1n) is 9.04. The third-order valence-electron chi connectivity index (χ3n) is 5.27. The lowest BCUT2D eigenvalue weighted by molar-refractivity contribution is -0.128. The third-order valence-corrected chi connectivity index (χ3v) is 5.27. The topological polar surface area (TPSA) is 76.1 Å². The number of hydrogen-bond donors (Lipinski definition) is 0. The van der Waals surface area contributed by atoms with Crippen LogP contribution < -0.4 is 9.47 Å². The number of Topliss-reactive ketones (excluding diaryl/α,β-unsaturated/α-hetero) is 1. The van der Waals surface area contributed by atoms with E-state index in [9.17, 15) is 14.4 Å². The number of rotatable bonds is 4. The van der Waals surface area contributed by atoms with E-state index in [1.165, 1.54) is 9.80 Å². The molecule has 0 bridgehead atoms. The molecule has 0 saturated carbocycles. The van der Waals surface area contributed by atoms with E-state index in [4.69, 9.17) is 9.47 Å². The maximum absolute atomic E-state index is 12.9. The number of carbonyl (C=O) groups excluding carboxylic acids is 3. The highest BCUT2D eigenvalue weighted by molar-refractivity contribution is 6.11. The van der Waals surface area contributed by atoms with Crippen LogP contribution in [0, 0.1) is 0 Å². The van der Waals surface area contributed by atoms with Gasteiger partial charge in [-0.3, -0.25) is 14.5 Å². The lowest BCUT2D eigenvalue weighted by atomic mass is 9.99. The van der Waals surface area contributed by atoms with Gasteiger partial charge >= 0.3 is 6.03 Å². The number of carbonyl (C=O) groups is 3. The van der Waals surface area contributed by atoms with E-state index >= 15 is 0 Å². The van der Waals surface area contributed by atoms with Gasteiger partial charge in [-0.1, -0.05) is 30.3 Å². The standard InChI is InChI=1S/C21H20N2O5/c1-13-20(14-6-4-3-5-7-14)23(21(26)22(13)2)19(25)11-16(24)15-8-9-17-18(10-15)28-12-27-17/h3-10,13,20H,11-12H2,1-2H3/t13-,20-/m1/s1. The molecule has 2 atom stereocenters. The molecule has 0 aromatic heterocycles. The fourth-order valence-corrected chi connectivity index (χ4v) is 3.62. The van der Waals surface area contributed by atoms with Gasteiger partial charge in [-0.2, -0.15) is 0 Å². The summed E-state index contributed by atoms with van der Waals surface area (Å²) in [4.78, 5) is 41.0. The van der Waals surface area contributed by atoms with Gasteiger partial charge in [0.15, 0.2) is 17.3 Å². The zero-order valence-electron chi connectivity index (χ0n) is 15.6. The van der Waals surface area contributed by atoms with Gasteiger partial charge in [-0.15, -0.1) is 0 Å². The van der Waals surface area contributed by atoms with Crippen LogP contribution in [0.25, 0.3) is 0 Å². The first-order valence-corrected chi connectivity index (χ1v) is 9.04. The summed E-state index contributed by atoms with van der Waals surface area (Å²) < 4.78 is 10.5. The maximum Gasteiger partial charge on any atom is 0.327 e. The number of amides is 3. The summed E-state index contributed by atoms with van der Waals surface area (Å²) in [6.07, 6.45) is -0.394. The van der Waals surface area contributed by atoms with Gasteiger partial charge in [0.2, 0.25) is 12.7 Å². The molecule has 0 unspecified atom stereocenters. The number of nitrogens with zero attached hydrogens (tertiary/aromatic N) is 2. The lowest BCUT2D eigenvalue weighted by Crippen LogP contribution is -2.37. The minimum Gasteiger partial charge on any atom is -0.454 e. The van der Waals surface area contributed by atoms with Crippen LogP contribution in [-0.4, -0.2) is 47.4 Å². The molecule has 0 aliphatic carbocycles. The van der Waals surface area contributed by atoms with E-state index in [1.807, 2.05) is 37.3 Å². The number of fused-ring (bicyclic) bond motifs is 1. The molecule has 144 valence electrons. The van der Waals surface area contributed by atoms with Crippen molar-refractivity contribution in [2.24, 2.45) is 0 Å². The van der Waals surface area contributed by atoms with Gasteiger partial charge in [-0.25, -0.2) is 4.79 Å². The molecular formula is C21H20N2O5. The molecule has 7 heteroatoms. The van der Waals surface area contributed by atoms with Crippen molar-refractivity contribution in [2.45, 2.75) is 25.4 Å². The largest absolute Gasteiger partial charge is 0.454 e. The Hall–Kier alpha value is -3.35. The first-order chi connectivity index (χ1) is 13.5. The summed E-state index contributed by atoms with van der Waals surface area (Å²) in [6, 6.07) is 13.1. The normalized spacial score (nSPS) is 20.6. The Bertz CT molecular complexity index is 943. The average Bonchev–Trinajstić information content (AvgIpc) is 3.26. The fraction of sp³-hybridized carbons (Fsp3) is 0.286. The molecule has 2 aliphatic heterocycles. The number of ketones is 1. The van der Waals surface area contributed by atoms with Crippen molar-refractivity contribution in [1.29, 1.82) is 0 Å². The number of ether oxygens (including phenoxy) is 2.